The molecule has 18 heavy (non-hydrogen) atoms. The smallest absolute Gasteiger partial charge is 0.338 e. The standard InChI is InChI=1S/C7H4N6O5/c1-11-5-2(8-16-11)6-4(10-18-12(6)14)7-3(5)9-17-13(7)15/h10H,1H3/q+2. The number of aromatic amines is 1. The van der Waals surface area contributed by atoms with Crippen molar-refractivity contribution < 1.29 is 28.1 Å². The van der Waals surface area contributed by atoms with Gasteiger partial charge >= 0.3 is 16.6 Å². The van der Waals surface area contributed by atoms with Gasteiger partial charge in [-0.15, -0.1) is 0 Å². The molecule has 3 heterocycles. The zero-order chi connectivity index (χ0) is 12.4. The second kappa shape index (κ2) is 2.64. The van der Waals surface area contributed by atoms with Crippen molar-refractivity contribution in [2.24, 2.45) is 7.05 Å². The largest absolute Gasteiger partial charge is 0.359 e. The second-order valence-electron chi connectivity index (χ2n) is 3.67. The third-order valence-electron chi connectivity index (χ3n) is 2.74. The molecular weight excluding hydrogens is 248 g/mol. The predicted octanol–water partition coefficient (Wildman–Crippen LogP) is -1.58. The van der Waals surface area contributed by atoms with Crippen LogP contribution in [0.4, 0.5) is 0 Å². The van der Waals surface area contributed by atoms with E-state index in [0.717, 1.165) is 0 Å². The van der Waals surface area contributed by atoms with Crippen LogP contribution in [0, 0.1) is 10.1 Å². The lowest BCUT2D eigenvalue weighted by molar-refractivity contribution is -0.833. The number of fused-ring (bicyclic) bond motifs is 6. The van der Waals surface area contributed by atoms with Crippen LogP contribution >= 0.6 is 0 Å². The summed E-state index contributed by atoms with van der Waals surface area (Å²) >= 11 is 0. The molecule has 0 aliphatic carbocycles. The number of aromatic nitrogens is 6. The summed E-state index contributed by atoms with van der Waals surface area (Å²) in [4.78, 5) is 11.7. The molecule has 1 N–H and O–H groups in total. The summed E-state index contributed by atoms with van der Waals surface area (Å²) in [5.74, 6) is 0. The summed E-state index contributed by atoms with van der Waals surface area (Å²) in [6.07, 6.45) is 0. The first-order chi connectivity index (χ1) is 8.68. The molecule has 0 amide bonds. The number of nitrogens with one attached hydrogen (secondary N) is 1. The maximum absolute atomic E-state index is 11.5. The fourth-order valence-corrected chi connectivity index (χ4v) is 2.00. The van der Waals surface area contributed by atoms with Crippen molar-refractivity contribution in [2.45, 2.75) is 0 Å². The molecule has 0 aliphatic heterocycles. The number of aryl methyl sites for hydroxylation is 1. The summed E-state index contributed by atoms with van der Waals surface area (Å²) in [6, 6.07) is 0. The lowest BCUT2D eigenvalue weighted by atomic mass is 10.2. The average molecular weight is 252 g/mol. The number of hydrogen-bond acceptors (Lipinski definition) is 7. The zero-order valence-electron chi connectivity index (χ0n) is 8.78. The third kappa shape index (κ3) is 0.816. The highest BCUT2D eigenvalue weighted by Gasteiger charge is 2.37. The minimum Gasteiger partial charge on any atom is -0.359 e. The van der Waals surface area contributed by atoms with E-state index in [0.29, 0.717) is 5.52 Å². The number of rotatable bonds is 0. The van der Waals surface area contributed by atoms with Gasteiger partial charge in [-0.25, -0.2) is 0 Å². The molecule has 4 aromatic rings. The maximum atomic E-state index is 11.5. The van der Waals surface area contributed by atoms with E-state index >= 15 is 0 Å². The molecule has 90 valence electrons. The number of hydrogen-bond donors (Lipinski definition) is 1. The molecule has 0 saturated heterocycles. The molecule has 0 fully saturated rings. The number of nitrogens with zero attached hydrogens (tertiary/aromatic N) is 5. The van der Waals surface area contributed by atoms with Crippen LogP contribution in [-0.2, 0) is 7.05 Å². The summed E-state index contributed by atoms with van der Waals surface area (Å²) in [5, 5.41) is 21.2. The van der Waals surface area contributed by atoms with E-state index in [1.807, 2.05) is 0 Å². The first kappa shape index (κ1) is 9.09. The Labute approximate surface area is 94.8 Å². The highest BCUT2D eigenvalue weighted by Crippen LogP contribution is 2.25. The van der Waals surface area contributed by atoms with Crippen LogP contribution in [0.25, 0.3) is 33.1 Å². The van der Waals surface area contributed by atoms with Gasteiger partial charge in [0.2, 0.25) is 0 Å². The van der Waals surface area contributed by atoms with Gasteiger partial charge in [-0.2, -0.15) is 0 Å². The van der Waals surface area contributed by atoms with Crippen LogP contribution in [0.2, 0.25) is 0 Å². The van der Waals surface area contributed by atoms with Gasteiger partial charge in [0.05, 0.1) is 5.16 Å². The first-order valence-corrected chi connectivity index (χ1v) is 4.80. The van der Waals surface area contributed by atoms with Crippen LogP contribution in [0.15, 0.2) is 13.9 Å². The minimum atomic E-state index is 0.0367. The topological polar surface area (TPSA) is 135 Å². The van der Waals surface area contributed by atoms with Crippen molar-refractivity contribution in [3.63, 3.8) is 0 Å². The van der Waals surface area contributed by atoms with Crippen LogP contribution in [-0.4, -0.2) is 15.5 Å². The van der Waals surface area contributed by atoms with E-state index in [-0.39, 0.29) is 37.1 Å². The molecule has 0 aliphatic rings. The van der Waals surface area contributed by atoms with E-state index in [2.05, 4.69) is 24.7 Å². The monoisotopic (exact) mass is 252 g/mol. The summed E-state index contributed by atoms with van der Waals surface area (Å²) < 4.78 is 15.5. The molecule has 0 saturated carbocycles. The molecule has 3 aromatic heterocycles. The summed E-state index contributed by atoms with van der Waals surface area (Å²) in [7, 11) is 1.56. The predicted molar refractivity (Wildman–Crippen MR) is 49.2 cm³/mol. The Morgan fingerprint density at radius 1 is 1.17 bits per heavy atom. The van der Waals surface area contributed by atoms with E-state index in [9.17, 15) is 10.1 Å². The van der Waals surface area contributed by atoms with Gasteiger partial charge in [0.15, 0.2) is 9.76 Å². The Morgan fingerprint density at radius 3 is 2.72 bits per heavy atom. The molecule has 11 heteroatoms. The molecule has 0 atom stereocenters. The highest BCUT2D eigenvalue weighted by atomic mass is 16.8. The van der Waals surface area contributed by atoms with Gasteiger partial charge < -0.3 is 5.21 Å². The molecule has 0 spiro atoms. The van der Waals surface area contributed by atoms with E-state index in [4.69, 9.17) is 4.63 Å². The number of H-pyrrole nitrogens is 1. The van der Waals surface area contributed by atoms with Crippen molar-refractivity contribution in [3.8, 4) is 0 Å². The van der Waals surface area contributed by atoms with Crippen molar-refractivity contribution in [2.75, 3.05) is 0 Å². The molecule has 4 rings (SSSR count). The molecule has 0 radical (unpaired) electrons. The fraction of sp³-hybridized carbons (Fsp3) is 0.143. The summed E-state index contributed by atoms with van der Waals surface area (Å²) in [5.41, 5.74) is 1.00. The van der Waals surface area contributed by atoms with Crippen molar-refractivity contribution in [1.29, 1.82) is 0 Å². The molecule has 11 nitrogen and oxygen atoms in total. The van der Waals surface area contributed by atoms with Gasteiger partial charge in [0.25, 0.3) is 16.6 Å². The van der Waals surface area contributed by atoms with Gasteiger partial charge in [0, 0.05) is 0 Å². The Bertz CT molecular complexity index is 940. The Morgan fingerprint density at radius 2 is 1.89 bits per heavy atom. The fourth-order valence-electron chi connectivity index (χ4n) is 2.00. The van der Waals surface area contributed by atoms with Crippen LogP contribution < -0.4 is 14.2 Å². The van der Waals surface area contributed by atoms with Gasteiger partial charge in [0.1, 0.15) is 7.05 Å². The quantitative estimate of drug-likeness (QED) is 0.294. The SMILES string of the molecule is C[n+]1onc2c1c1no[n+]([O-])c1c1[nH]o[n+](=O)c21. The Hall–Kier alpha value is -2.98. The third-order valence-corrected chi connectivity index (χ3v) is 2.74. The number of benzene rings is 1. The van der Waals surface area contributed by atoms with Crippen molar-refractivity contribution in [3.05, 3.63) is 10.1 Å². The lowest BCUT2D eigenvalue weighted by Gasteiger charge is -1.82. The second-order valence-corrected chi connectivity index (χ2v) is 3.67. The van der Waals surface area contributed by atoms with Crippen LogP contribution in [0.3, 0.4) is 0 Å². The molecule has 1 aromatic carbocycles. The van der Waals surface area contributed by atoms with Crippen LogP contribution in [0.5, 0.6) is 0 Å². The van der Waals surface area contributed by atoms with Crippen molar-refractivity contribution in [1.82, 2.24) is 15.5 Å². The Balaban J connectivity index is 2.56. The zero-order valence-corrected chi connectivity index (χ0v) is 8.78. The van der Waals surface area contributed by atoms with Crippen molar-refractivity contribution >= 4 is 33.1 Å². The highest BCUT2D eigenvalue weighted by molar-refractivity contribution is 6.14. The summed E-state index contributed by atoms with van der Waals surface area (Å²) in [6.45, 7) is 0. The van der Waals surface area contributed by atoms with Gasteiger partial charge in [-0.3, -0.25) is 4.63 Å². The van der Waals surface area contributed by atoms with E-state index in [1.165, 1.54) is 4.74 Å². The average Bonchev–Trinajstić information content (AvgIpc) is 2.99. The van der Waals surface area contributed by atoms with Gasteiger partial charge in [-0.05, 0) is 9.81 Å². The minimum absolute atomic E-state index is 0.0367. The normalized spacial score (nSPS) is 12.1. The molecule has 0 unspecified atom stereocenters. The molecular formula is C7H4N6O5+2. The van der Waals surface area contributed by atoms with E-state index < -0.39 is 0 Å². The Kier molecular flexibility index (Phi) is 1.33. The lowest BCUT2D eigenvalue weighted by Crippen LogP contribution is -2.26. The van der Waals surface area contributed by atoms with E-state index in [1.54, 1.807) is 7.05 Å². The maximum Gasteiger partial charge on any atom is 0.338 e. The molecule has 0 bridgehead atoms. The van der Waals surface area contributed by atoms with Crippen LogP contribution in [0.1, 0.15) is 0 Å². The first-order valence-electron chi connectivity index (χ1n) is 4.80. The van der Waals surface area contributed by atoms with Gasteiger partial charge in [-0.1, -0.05) is 19.2 Å².